The molecule has 3 N–H and O–H groups in total. The molecule has 0 aliphatic heterocycles. The number of benzene rings is 2. The summed E-state index contributed by atoms with van der Waals surface area (Å²) in [5.41, 5.74) is 6.15. The van der Waals surface area contributed by atoms with Crippen LogP contribution in [0.2, 0.25) is 5.02 Å². The van der Waals surface area contributed by atoms with E-state index in [4.69, 9.17) is 22.1 Å². The van der Waals surface area contributed by atoms with Crippen molar-refractivity contribution in [1.29, 1.82) is 0 Å². The number of ether oxygens (including phenoxy) is 1. The molecule has 2 rings (SSSR count). The lowest BCUT2D eigenvalue weighted by molar-refractivity contribution is -0.120. The Morgan fingerprint density at radius 1 is 1.17 bits per heavy atom. The van der Waals surface area contributed by atoms with E-state index >= 15 is 0 Å². The Bertz CT molecular complexity index is 669. The Balaban J connectivity index is 2.10. The Hall–Kier alpha value is -2.04. The van der Waals surface area contributed by atoms with Gasteiger partial charge in [-0.15, -0.1) is 0 Å². The highest BCUT2D eigenvalue weighted by atomic mass is 35.5. The smallest absolute Gasteiger partial charge is 0.234 e. The molecule has 0 bridgehead atoms. The average Bonchev–Trinajstić information content (AvgIpc) is 2.54. The third-order valence-corrected chi connectivity index (χ3v) is 3.94. The number of nitrogens with one attached hydrogen (secondary N) is 1. The average molecular weight is 333 g/mol. The molecule has 0 saturated heterocycles. The molecule has 2 aromatic carbocycles. The van der Waals surface area contributed by atoms with Crippen LogP contribution in [0.25, 0.3) is 0 Å². The molecule has 0 heterocycles. The molecule has 0 saturated carbocycles. The molecule has 122 valence electrons. The van der Waals surface area contributed by atoms with Crippen molar-refractivity contribution in [3.05, 3.63) is 59.1 Å². The van der Waals surface area contributed by atoms with Gasteiger partial charge < -0.3 is 15.8 Å². The van der Waals surface area contributed by atoms with E-state index in [9.17, 15) is 4.79 Å². The summed E-state index contributed by atoms with van der Waals surface area (Å²) < 4.78 is 5.41. The van der Waals surface area contributed by atoms with Gasteiger partial charge in [-0.05, 0) is 49.7 Å². The van der Waals surface area contributed by atoms with E-state index < -0.39 is 5.41 Å². The van der Waals surface area contributed by atoms with Gasteiger partial charge in [0.15, 0.2) is 0 Å². The van der Waals surface area contributed by atoms with Crippen molar-refractivity contribution in [2.24, 2.45) is 5.73 Å². The topological polar surface area (TPSA) is 64.3 Å². The van der Waals surface area contributed by atoms with E-state index in [1.165, 1.54) is 0 Å². The maximum atomic E-state index is 12.6. The summed E-state index contributed by atoms with van der Waals surface area (Å²) in [5.74, 6) is 0.597. The largest absolute Gasteiger partial charge is 0.492 e. The van der Waals surface area contributed by atoms with Gasteiger partial charge in [-0.2, -0.15) is 0 Å². The Labute approximate surface area is 141 Å². The second-order valence-electron chi connectivity index (χ2n) is 5.72. The fourth-order valence-electron chi connectivity index (χ4n) is 2.19. The standard InChI is InChI=1S/C18H21ClN2O2/c1-18(2,15-5-3-4-6-16(15)19)17(22)21-13-7-9-14(10-8-13)23-12-11-20/h3-10H,11-12,20H2,1-2H3,(H,21,22). The second-order valence-corrected chi connectivity index (χ2v) is 6.13. The van der Waals surface area contributed by atoms with Gasteiger partial charge in [-0.3, -0.25) is 4.79 Å². The summed E-state index contributed by atoms with van der Waals surface area (Å²) in [5, 5.41) is 3.50. The van der Waals surface area contributed by atoms with E-state index in [1.54, 1.807) is 30.3 Å². The van der Waals surface area contributed by atoms with Gasteiger partial charge in [0.05, 0.1) is 5.41 Å². The van der Waals surface area contributed by atoms with Crippen molar-refractivity contribution in [1.82, 2.24) is 0 Å². The van der Waals surface area contributed by atoms with Crippen LogP contribution >= 0.6 is 11.6 Å². The monoisotopic (exact) mass is 332 g/mol. The summed E-state index contributed by atoms with van der Waals surface area (Å²) in [7, 11) is 0. The van der Waals surface area contributed by atoms with E-state index in [0.29, 0.717) is 23.9 Å². The minimum absolute atomic E-state index is 0.124. The van der Waals surface area contributed by atoms with Crippen LogP contribution in [0.15, 0.2) is 48.5 Å². The van der Waals surface area contributed by atoms with E-state index in [-0.39, 0.29) is 5.91 Å². The van der Waals surface area contributed by atoms with Crippen LogP contribution in [0.3, 0.4) is 0 Å². The molecule has 0 aromatic heterocycles. The minimum atomic E-state index is -0.743. The number of hydrogen-bond acceptors (Lipinski definition) is 3. The van der Waals surface area contributed by atoms with Gasteiger partial charge in [0, 0.05) is 17.3 Å². The molecule has 4 nitrogen and oxygen atoms in total. The predicted octanol–water partition coefficient (Wildman–Crippen LogP) is 3.59. The number of carbonyl (C=O) groups is 1. The summed E-state index contributed by atoms with van der Waals surface area (Å²) in [6.45, 7) is 4.63. The molecule has 0 unspecified atom stereocenters. The predicted molar refractivity (Wildman–Crippen MR) is 94.1 cm³/mol. The summed E-state index contributed by atoms with van der Waals surface area (Å²) in [6.07, 6.45) is 0. The van der Waals surface area contributed by atoms with Crippen LogP contribution in [0.1, 0.15) is 19.4 Å². The van der Waals surface area contributed by atoms with Crippen LogP contribution in [0.5, 0.6) is 5.75 Å². The summed E-state index contributed by atoms with van der Waals surface area (Å²) in [6, 6.07) is 14.6. The summed E-state index contributed by atoms with van der Waals surface area (Å²) >= 11 is 6.22. The molecule has 23 heavy (non-hydrogen) atoms. The van der Waals surface area contributed by atoms with Gasteiger partial charge in [-0.1, -0.05) is 29.8 Å². The fourth-order valence-corrected chi connectivity index (χ4v) is 2.56. The van der Waals surface area contributed by atoms with Crippen LogP contribution < -0.4 is 15.8 Å². The maximum absolute atomic E-state index is 12.6. The first-order valence-corrected chi connectivity index (χ1v) is 7.82. The first-order chi connectivity index (χ1) is 10.9. The van der Waals surface area contributed by atoms with Gasteiger partial charge in [0.1, 0.15) is 12.4 Å². The number of rotatable bonds is 6. The van der Waals surface area contributed by atoms with E-state index in [1.807, 2.05) is 32.0 Å². The third kappa shape index (κ3) is 4.24. The molecule has 0 aliphatic carbocycles. The van der Waals surface area contributed by atoms with Crippen molar-refractivity contribution in [2.45, 2.75) is 19.3 Å². The molecule has 0 fully saturated rings. The highest BCUT2D eigenvalue weighted by Crippen LogP contribution is 2.31. The zero-order chi connectivity index (χ0) is 16.9. The van der Waals surface area contributed by atoms with Crippen molar-refractivity contribution in [3.8, 4) is 5.75 Å². The van der Waals surface area contributed by atoms with Crippen molar-refractivity contribution in [2.75, 3.05) is 18.5 Å². The Morgan fingerprint density at radius 2 is 1.83 bits per heavy atom. The van der Waals surface area contributed by atoms with Crippen LogP contribution in [-0.2, 0) is 10.2 Å². The van der Waals surface area contributed by atoms with Gasteiger partial charge in [-0.25, -0.2) is 0 Å². The third-order valence-electron chi connectivity index (χ3n) is 3.61. The zero-order valence-electron chi connectivity index (χ0n) is 13.3. The second kappa shape index (κ2) is 7.49. The first kappa shape index (κ1) is 17.3. The van der Waals surface area contributed by atoms with Crippen LogP contribution in [0, 0.1) is 0 Å². The SMILES string of the molecule is CC(C)(C(=O)Nc1ccc(OCCN)cc1)c1ccccc1Cl. The lowest BCUT2D eigenvalue weighted by atomic mass is 9.83. The van der Waals surface area contributed by atoms with E-state index in [0.717, 1.165) is 11.3 Å². The molecule has 2 aromatic rings. The zero-order valence-corrected chi connectivity index (χ0v) is 14.1. The van der Waals surface area contributed by atoms with Crippen molar-refractivity contribution >= 4 is 23.2 Å². The normalized spacial score (nSPS) is 11.1. The fraction of sp³-hybridized carbons (Fsp3) is 0.278. The molecule has 0 aliphatic rings. The molecular formula is C18H21ClN2O2. The van der Waals surface area contributed by atoms with Gasteiger partial charge in [0.25, 0.3) is 0 Å². The van der Waals surface area contributed by atoms with Gasteiger partial charge >= 0.3 is 0 Å². The van der Waals surface area contributed by atoms with Gasteiger partial charge in [0.2, 0.25) is 5.91 Å². The number of carbonyl (C=O) groups excluding carboxylic acids is 1. The van der Waals surface area contributed by atoms with Crippen LogP contribution in [0.4, 0.5) is 5.69 Å². The lowest BCUT2D eigenvalue weighted by Crippen LogP contribution is -2.35. The lowest BCUT2D eigenvalue weighted by Gasteiger charge is -2.25. The quantitative estimate of drug-likeness (QED) is 0.849. The number of halogens is 1. The number of nitrogens with two attached hydrogens (primary N) is 1. The first-order valence-electron chi connectivity index (χ1n) is 7.44. The molecule has 0 atom stereocenters. The molecular weight excluding hydrogens is 312 g/mol. The summed E-state index contributed by atoms with van der Waals surface area (Å²) in [4.78, 5) is 12.6. The minimum Gasteiger partial charge on any atom is -0.492 e. The Morgan fingerprint density at radius 3 is 2.43 bits per heavy atom. The molecule has 5 heteroatoms. The molecule has 1 amide bonds. The number of amides is 1. The molecule has 0 radical (unpaired) electrons. The highest BCUT2D eigenvalue weighted by Gasteiger charge is 2.31. The van der Waals surface area contributed by atoms with Crippen LogP contribution in [-0.4, -0.2) is 19.1 Å². The Kier molecular flexibility index (Phi) is 5.64. The number of anilines is 1. The molecule has 0 spiro atoms. The maximum Gasteiger partial charge on any atom is 0.234 e. The van der Waals surface area contributed by atoms with Crippen molar-refractivity contribution in [3.63, 3.8) is 0 Å². The number of hydrogen-bond donors (Lipinski definition) is 2. The van der Waals surface area contributed by atoms with Crippen molar-refractivity contribution < 1.29 is 9.53 Å². The highest BCUT2D eigenvalue weighted by molar-refractivity contribution is 6.31. The van der Waals surface area contributed by atoms with E-state index in [2.05, 4.69) is 5.32 Å².